The molecular formula is C42H39N3. The van der Waals surface area contributed by atoms with Crippen LogP contribution < -0.4 is 10.6 Å². The maximum absolute atomic E-state index is 5.46. The molecule has 1 aromatic heterocycles. The molecule has 0 amide bonds. The first-order valence-electron chi connectivity index (χ1n) is 17.1. The van der Waals surface area contributed by atoms with Gasteiger partial charge in [0, 0.05) is 17.8 Å². The maximum Gasteiger partial charge on any atom is 0.0791 e. The Kier molecular flexibility index (Phi) is 6.72. The zero-order valence-corrected chi connectivity index (χ0v) is 25.9. The fraction of sp³-hybridized carbons (Fsp3) is 0.310. The second-order valence-electron chi connectivity index (χ2n) is 13.6. The quantitative estimate of drug-likeness (QED) is 0.210. The van der Waals surface area contributed by atoms with Gasteiger partial charge in [0.25, 0.3) is 0 Å². The van der Waals surface area contributed by atoms with Crippen LogP contribution in [0.5, 0.6) is 0 Å². The van der Waals surface area contributed by atoms with E-state index in [2.05, 4.69) is 85.1 Å². The average molecular weight is 586 g/mol. The van der Waals surface area contributed by atoms with Gasteiger partial charge in [-0.15, -0.1) is 0 Å². The molecule has 3 atom stereocenters. The smallest absolute Gasteiger partial charge is 0.0791 e. The second kappa shape index (κ2) is 11.2. The predicted octanol–water partition coefficient (Wildman–Crippen LogP) is 8.20. The molecular weight excluding hydrogens is 546 g/mol. The number of nitrogens with zero attached hydrogens (tertiary/aromatic N) is 3. The van der Waals surface area contributed by atoms with Crippen LogP contribution in [-0.4, -0.2) is 17.2 Å². The molecule has 2 aliphatic heterocycles. The summed E-state index contributed by atoms with van der Waals surface area (Å²) in [5, 5.41) is 2.60. The largest absolute Gasteiger partial charge is 0.290 e. The third-order valence-corrected chi connectivity index (χ3v) is 10.8. The van der Waals surface area contributed by atoms with E-state index in [0.29, 0.717) is 0 Å². The number of hydrogen-bond acceptors (Lipinski definition) is 3. The number of rotatable bonds is 4. The highest BCUT2D eigenvalue weighted by molar-refractivity contribution is 5.92. The van der Waals surface area contributed by atoms with E-state index in [4.69, 9.17) is 15.0 Å². The third-order valence-electron chi connectivity index (χ3n) is 10.8. The first kappa shape index (κ1) is 27.0. The van der Waals surface area contributed by atoms with Crippen LogP contribution in [0.1, 0.15) is 96.0 Å². The van der Waals surface area contributed by atoms with Crippen molar-refractivity contribution >= 4 is 17.9 Å². The van der Waals surface area contributed by atoms with E-state index in [0.717, 1.165) is 37.8 Å². The highest BCUT2D eigenvalue weighted by Crippen LogP contribution is 2.46. The van der Waals surface area contributed by atoms with Crippen LogP contribution in [0.15, 0.2) is 101 Å². The van der Waals surface area contributed by atoms with Crippen molar-refractivity contribution < 1.29 is 0 Å². The fourth-order valence-electron chi connectivity index (χ4n) is 8.48. The highest BCUT2D eigenvalue weighted by atomic mass is 14.8. The minimum absolute atomic E-state index is 0.172. The van der Waals surface area contributed by atoms with Crippen molar-refractivity contribution in [3.05, 3.63) is 140 Å². The Bertz CT molecular complexity index is 2030. The molecule has 3 heteroatoms. The summed E-state index contributed by atoms with van der Waals surface area (Å²) in [4.78, 5) is 15.2. The summed E-state index contributed by atoms with van der Waals surface area (Å²) < 4.78 is 0. The second-order valence-corrected chi connectivity index (χ2v) is 13.6. The van der Waals surface area contributed by atoms with Gasteiger partial charge < -0.3 is 0 Å². The van der Waals surface area contributed by atoms with Gasteiger partial charge in [-0.3, -0.25) is 15.0 Å². The summed E-state index contributed by atoms with van der Waals surface area (Å²) in [5.41, 5.74) is 15.3. The summed E-state index contributed by atoms with van der Waals surface area (Å²) in [5.74, 6) is 0.254. The van der Waals surface area contributed by atoms with Crippen LogP contribution in [0.25, 0.3) is 22.8 Å². The van der Waals surface area contributed by atoms with E-state index in [9.17, 15) is 0 Å². The van der Waals surface area contributed by atoms with Gasteiger partial charge in [0.2, 0.25) is 0 Å². The highest BCUT2D eigenvalue weighted by Gasteiger charge is 2.29. The lowest BCUT2D eigenvalue weighted by atomic mass is 9.80. The molecule has 4 aromatic rings. The van der Waals surface area contributed by atoms with Crippen LogP contribution in [-0.2, 0) is 19.3 Å². The Morgan fingerprint density at radius 1 is 0.778 bits per heavy atom. The Hall–Kier alpha value is -4.37. The van der Waals surface area contributed by atoms with E-state index >= 15 is 0 Å². The molecule has 3 unspecified atom stereocenters. The molecule has 3 nitrogen and oxygen atoms in total. The Morgan fingerprint density at radius 3 is 2.64 bits per heavy atom. The van der Waals surface area contributed by atoms with Gasteiger partial charge >= 0.3 is 0 Å². The van der Waals surface area contributed by atoms with Crippen molar-refractivity contribution in [3.63, 3.8) is 0 Å². The van der Waals surface area contributed by atoms with Gasteiger partial charge in [0.05, 0.1) is 17.4 Å². The molecule has 0 saturated carbocycles. The first-order chi connectivity index (χ1) is 22.3. The number of aliphatic imine (C=N–C) groups is 1. The molecule has 222 valence electrons. The Morgan fingerprint density at radius 2 is 1.73 bits per heavy atom. The van der Waals surface area contributed by atoms with Crippen molar-refractivity contribution in [2.45, 2.75) is 82.2 Å². The number of aromatic nitrogens is 1. The van der Waals surface area contributed by atoms with Gasteiger partial charge in [-0.1, -0.05) is 66.8 Å². The summed E-state index contributed by atoms with van der Waals surface area (Å²) in [6.07, 6.45) is 22.8. The predicted molar refractivity (Wildman–Crippen MR) is 184 cm³/mol. The molecule has 9 rings (SSSR count). The summed E-state index contributed by atoms with van der Waals surface area (Å²) in [6.45, 7) is 0. The van der Waals surface area contributed by atoms with E-state index in [1.807, 2.05) is 12.3 Å². The number of benzene rings is 3. The van der Waals surface area contributed by atoms with E-state index in [1.165, 1.54) is 98.3 Å². The SMILES string of the molecule is C1=NC(C2=CC(c3cccc4c3-c3cc(C5CC=c6ccc7c(c6=N5)CCCC7)ccc3C4)=CC(c3ccccn3)C2)CCC1. The summed E-state index contributed by atoms with van der Waals surface area (Å²) in [7, 11) is 0. The van der Waals surface area contributed by atoms with Gasteiger partial charge in [-0.05, 0) is 149 Å². The number of fused-ring (bicyclic) bond motifs is 6. The number of allylic oxidation sites excluding steroid dienone is 3. The summed E-state index contributed by atoms with van der Waals surface area (Å²) >= 11 is 0. The number of aryl methyl sites for hydroxylation is 1. The summed E-state index contributed by atoms with van der Waals surface area (Å²) in [6, 6.07) is 25.6. The minimum Gasteiger partial charge on any atom is -0.290 e. The third kappa shape index (κ3) is 4.84. The molecule has 0 saturated heterocycles. The lowest BCUT2D eigenvalue weighted by Crippen LogP contribution is -2.34. The molecule has 45 heavy (non-hydrogen) atoms. The Labute approximate surface area is 265 Å². The molecule has 5 aliphatic rings. The maximum atomic E-state index is 5.46. The lowest BCUT2D eigenvalue weighted by molar-refractivity contribution is 0.600. The van der Waals surface area contributed by atoms with Crippen molar-refractivity contribution in [2.24, 2.45) is 9.98 Å². The normalized spacial score (nSPS) is 23.0. The van der Waals surface area contributed by atoms with Crippen LogP contribution in [0, 0.1) is 0 Å². The van der Waals surface area contributed by atoms with Crippen LogP contribution >= 0.6 is 0 Å². The van der Waals surface area contributed by atoms with E-state index < -0.39 is 0 Å². The van der Waals surface area contributed by atoms with Crippen molar-refractivity contribution in [3.8, 4) is 11.1 Å². The van der Waals surface area contributed by atoms with Gasteiger partial charge in [0.15, 0.2) is 0 Å². The van der Waals surface area contributed by atoms with Crippen molar-refractivity contribution in [1.82, 2.24) is 4.98 Å². The standard InChI is InChI=1S/C42H39N3/c1-2-10-36-27(8-1)14-15-28-18-19-40(45-42(28)36)30-17-16-29-22-31-9-7-11-35(41(31)37(29)26-30)32-23-33(38-12-3-5-20-43-38)25-34(24-32)39-13-4-6-21-44-39/h3,5,7,9,11-12,14-18,20-21,23-24,26,33,39-40H,1-2,4,6,8,10,13,19,22,25H2. The molecule has 3 aliphatic carbocycles. The fourth-order valence-corrected chi connectivity index (χ4v) is 8.48. The zero-order valence-electron chi connectivity index (χ0n) is 25.9. The zero-order chi connectivity index (χ0) is 29.7. The van der Waals surface area contributed by atoms with Crippen molar-refractivity contribution in [1.29, 1.82) is 0 Å². The van der Waals surface area contributed by atoms with Crippen molar-refractivity contribution in [2.75, 3.05) is 0 Å². The topological polar surface area (TPSA) is 37.6 Å². The molecule has 3 aromatic carbocycles. The van der Waals surface area contributed by atoms with Gasteiger partial charge in [-0.25, -0.2) is 0 Å². The number of hydrogen-bond donors (Lipinski definition) is 0. The lowest BCUT2D eigenvalue weighted by Gasteiger charge is -2.27. The molecule has 0 fully saturated rings. The van der Waals surface area contributed by atoms with Crippen LogP contribution in [0.4, 0.5) is 0 Å². The van der Waals surface area contributed by atoms with Gasteiger partial charge in [0.1, 0.15) is 0 Å². The van der Waals surface area contributed by atoms with E-state index in [1.54, 1.807) is 0 Å². The van der Waals surface area contributed by atoms with E-state index in [-0.39, 0.29) is 18.0 Å². The molecule has 0 spiro atoms. The molecule has 3 heterocycles. The molecule has 0 N–H and O–H groups in total. The number of pyridine rings is 1. The average Bonchev–Trinajstić information content (AvgIpc) is 3.50. The first-order valence-corrected chi connectivity index (χ1v) is 17.1. The monoisotopic (exact) mass is 585 g/mol. The Balaban J connectivity index is 1.14. The van der Waals surface area contributed by atoms with Gasteiger partial charge in [-0.2, -0.15) is 0 Å². The minimum atomic E-state index is 0.172. The van der Waals surface area contributed by atoms with Crippen LogP contribution in [0.2, 0.25) is 0 Å². The molecule has 0 radical (unpaired) electrons. The van der Waals surface area contributed by atoms with Crippen LogP contribution in [0.3, 0.4) is 0 Å². The molecule has 0 bridgehead atoms.